The Labute approximate surface area is 190 Å². The zero-order chi connectivity index (χ0) is 22.2. The van der Waals surface area contributed by atoms with Crippen molar-refractivity contribution in [3.63, 3.8) is 0 Å². The number of anilines is 1. The fourth-order valence-corrected chi connectivity index (χ4v) is 5.84. The summed E-state index contributed by atoms with van der Waals surface area (Å²) in [4.78, 5) is 12.6. The van der Waals surface area contributed by atoms with Gasteiger partial charge in [-0.25, -0.2) is 18.4 Å². The Hall–Kier alpha value is -2.35. The molecular formula is C22H22Cl2N4O2S. The van der Waals surface area contributed by atoms with Gasteiger partial charge in [-0.15, -0.1) is 0 Å². The van der Waals surface area contributed by atoms with E-state index in [2.05, 4.69) is 15.0 Å². The van der Waals surface area contributed by atoms with Crippen LogP contribution in [0.15, 0.2) is 41.3 Å². The van der Waals surface area contributed by atoms with Gasteiger partial charge in [0, 0.05) is 21.9 Å². The van der Waals surface area contributed by atoms with E-state index in [1.165, 1.54) is 18.2 Å². The molecule has 2 aromatic carbocycles. The van der Waals surface area contributed by atoms with E-state index < -0.39 is 9.84 Å². The van der Waals surface area contributed by atoms with Crippen molar-refractivity contribution in [2.75, 3.05) is 11.5 Å². The van der Waals surface area contributed by atoms with Gasteiger partial charge in [0.25, 0.3) is 0 Å². The topological polar surface area (TPSA) is 102 Å². The number of sulfone groups is 1. The maximum Gasteiger partial charge on any atom is 0.178 e. The number of fused-ring (bicyclic) bond motifs is 3. The molecule has 0 saturated heterocycles. The lowest BCUT2D eigenvalue weighted by atomic mass is 10.0. The van der Waals surface area contributed by atoms with Crippen LogP contribution in [0.3, 0.4) is 0 Å². The lowest BCUT2D eigenvalue weighted by Crippen LogP contribution is -2.07. The number of imidazole rings is 1. The molecule has 0 radical (unpaired) electrons. The van der Waals surface area contributed by atoms with Crippen LogP contribution in [0, 0.1) is 0 Å². The van der Waals surface area contributed by atoms with Crippen LogP contribution in [0.4, 0.5) is 5.82 Å². The number of aromatic amines is 1. The summed E-state index contributed by atoms with van der Waals surface area (Å²) >= 11 is 11.9. The molecule has 0 atom stereocenters. The highest BCUT2D eigenvalue weighted by atomic mass is 35.5. The zero-order valence-electron chi connectivity index (χ0n) is 17.0. The van der Waals surface area contributed by atoms with Crippen LogP contribution >= 0.6 is 23.2 Å². The van der Waals surface area contributed by atoms with Gasteiger partial charge in [0.1, 0.15) is 11.3 Å². The van der Waals surface area contributed by atoms with Crippen molar-refractivity contribution < 1.29 is 8.42 Å². The van der Waals surface area contributed by atoms with Crippen molar-refractivity contribution in [2.24, 2.45) is 0 Å². The zero-order valence-corrected chi connectivity index (χ0v) is 19.3. The number of halogens is 2. The third-order valence-corrected chi connectivity index (χ3v) is 7.47. The number of H-pyrrole nitrogens is 1. The molecule has 9 heteroatoms. The number of aromatic nitrogens is 3. The van der Waals surface area contributed by atoms with Crippen LogP contribution in [-0.2, 0) is 22.7 Å². The second-order valence-electron chi connectivity index (χ2n) is 7.45. The number of rotatable bonds is 7. The maximum absolute atomic E-state index is 12.7. The fourth-order valence-electron chi connectivity index (χ4n) is 3.75. The van der Waals surface area contributed by atoms with Crippen molar-refractivity contribution >= 4 is 60.8 Å². The molecule has 0 unspecified atom stereocenters. The number of nitrogens with one attached hydrogen (secondary N) is 1. The lowest BCUT2D eigenvalue weighted by Gasteiger charge is -2.09. The Morgan fingerprint density at radius 3 is 2.52 bits per heavy atom. The van der Waals surface area contributed by atoms with Gasteiger partial charge in [0.05, 0.1) is 21.7 Å². The molecule has 4 aromatic rings. The van der Waals surface area contributed by atoms with E-state index in [1.54, 1.807) is 0 Å². The number of nitrogen functional groups attached to an aromatic ring is 1. The van der Waals surface area contributed by atoms with E-state index in [0.29, 0.717) is 40.6 Å². The van der Waals surface area contributed by atoms with Gasteiger partial charge < -0.3 is 10.7 Å². The molecule has 31 heavy (non-hydrogen) atoms. The third kappa shape index (κ3) is 4.49. The van der Waals surface area contributed by atoms with E-state index in [4.69, 9.17) is 28.9 Å². The molecule has 162 valence electrons. The summed E-state index contributed by atoms with van der Waals surface area (Å²) in [6.45, 7) is 2.03. The summed E-state index contributed by atoms with van der Waals surface area (Å²) in [5.41, 5.74) is 9.56. The van der Waals surface area contributed by atoms with Crippen LogP contribution in [0.2, 0.25) is 10.0 Å². The Balaban J connectivity index is 1.55. The summed E-state index contributed by atoms with van der Waals surface area (Å²) < 4.78 is 25.3. The van der Waals surface area contributed by atoms with E-state index in [-0.39, 0.29) is 10.6 Å². The van der Waals surface area contributed by atoms with Crippen molar-refractivity contribution in [1.29, 1.82) is 0 Å². The molecule has 4 rings (SSSR count). The summed E-state index contributed by atoms with van der Waals surface area (Å²) in [6.07, 6.45) is 2.69. The first kappa shape index (κ1) is 21.9. The quantitative estimate of drug-likeness (QED) is 0.349. The van der Waals surface area contributed by atoms with Gasteiger partial charge in [-0.1, -0.05) is 42.3 Å². The Kier molecular flexibility index (Phi) is 6.10. The van der Waals surface area contributed by atoms with E-state index >= 15 is 0 Å². The number of unbranched alkanes of at least 4 members (excludes halogenated alkanes) is 1. The van der Waals surface area contributed by atoms with Crippen LogP contribution < -0.4 is 5.73 Å². The summed E-state index contributed by atoms with van der Waals surface area (Å²) in [7, 11) is -3.46. The smallest absolute Gasteiger partial charge is 0.178 e. The fraction of sp³-hybridized carbons (Fsp3) is 0.273. The van der Waals surface area contributed by atoms with Crippen LogP contribution in [0.1, 0.15) is 31.2 Å². The highest BCUT2D eigenvalue weighted by Gasteiger charge is 2.17. The van der Waals surface area contributed by atoms with Gasteiger partial charge in [0.2, 0.25) is 0 Å². The number of pyridine rings is 1. The summed E-state index contributed by atoms with van der Waals surface area (Å²) in [5, 5.41) is 1.61. The number of hydrogen-bond donors (Lipinski definition) is 2. The molecule has 0 saturated carbocycles. The molecule has 0 fully saturated rings. The molecule has 0 aliphatic rings. The second-order valence-corrected chi connectivity index (χ2v) is 10.4. The first-order valence-electron chi connectivity index (χ1n) is 10.0. The second kappa shape index (κ2) is 8.65. The van der Waals surface area contributed by atoms with E-state index in [9.17, 15) is 8.42 Å². The molecule has 3 N–H and O–H groups in total. The highest BCUT2D eigenvalue weighted by Crippen LogP contribution is 2.30. The average Bonchev–Trinajstić information content (AvgIpc) is 3.16. The number of aryl methyl sites for hydroxylation is 2. The minimum absolute atomic E-state index is 0.0269. The van der Waals surface area contributed by atoms with E-state index in [0.717, 1.165) is 34.2 Å². The van der Waals surface area contributed by atoms with Gasteiger partial charge in [0.15, 0.2) is 15.7 Å². The Morgan fingerprint density at radius 1 is 1.06 bits per heavy atom. The largest absolute Gasteiger partial charge is 0.382 e. The maximum atomic E-state index is 12.7. The third-order valence-electron chi connectivity index (χ3n) is 5.25. The molecule has 2 heterocycles. The monoisotopic (exact) mass is 476 g/mol. The van der Waals surface area contributed by atoms with Crippen molar-refractivity contribution in [3.8, 4) is 0 Å². The SMILES string of the molecule is CCc1nc2c(N)nc3cccc(CCCCS(=O)(=O)c4cc(Cl)cc(Cl)c4)c3c2[nH]1. The van der Waals surface area contributed by atoms with Crippen LogP contribution in [0.25, 0.3) is 21.9 Å². The van der Waals surface area contributed by atoms with Gasteiger partial charge in [-0.3, -0.25) is 0 Å². The first-order valence-corrected chi connectivity index (χ1v) is 12.4. The molecule has 0 aliphatic heterocycles. The molecule has 0 spiro atoms. The van der Waals surface area contributed by atoms with Crippen molar-refractivity contribution in [1.82, 2.24) is 15.0 Å². The highest BCUT2D eigenvalue weighted by molar-refractivity contribution is 7.91. The Bertz CT molecular complexity index is 1360. The molecule has 0 bridgehead atoms. The summed E-state index contributed by atoms with van der Waals surface area (Å²) in [6, 6.07) is 10.3. The summed E-state index contributed by atoms with van der Waals surface area (Å²) in [5.74, 6) is 1.29. The van der Waals surface area contributed by atoms with Gasteiger partial charge in [-0.2, -0.15) is 0 Å². The number of hydrogen-bond acceptors (Lipinski definition) is 5. The normalized spacial score (nSPS) is 12.1. The molecular weight excluding hydrogens is 455 g/mol. The Morgan fingerprint density at radius 2 is 1.81 bits per heavy atom. The number of benzene rings is 2. The van der Waals surface area contributed by atoms with Gasteiger partial charge in [-0.05, 0) is 49.1 Å². The number of nitrogens with zero attached hydrogens (tertiary/aromatic N) is 2. The predicted octanol–water partition coefficient (Wildman–Crippen LogP) is 5.36. The number of nitrogens with two attached hydrogens (primary N) is 1. The molecule has 0 aliphatic carbocycles. The minimum atomic E-state index is -3.46. The van der Waals surface area contributed by atoms with Crippen LogP contribution in [-0.4, -0.2) is 29.1 Å². The van der Waals surface area contributed by atoms with Crippen LogP contribution in [0.5, 0.6) is 0 Å². The van der Waals surface area contributed by atoms with Crippen molar-refractivity contribution in [3.05, 3.63) is 57.8 Å². The molecule has 2 aromatic heterocycles. The van der Waals surface area contributed by atoms with Gasteiger partial charge >= 0.3 is 0 Å². The first-order chi connectivity index (χ1) is 14.8. The predicted molar refractivity (Wildman–Crippen MR) is 127 cm³/mol. The standard InChI is InChI=1S/C22H22Cl2N4O2S/c1-2-18-27-20-19-13(7-5-8-17(19)26-22(25)21(20)28-18)6-3-4-9-31(29,30)16-11-14(23)10-15(24)12-16/h5,7-8,10-12H,2-4,6,9H2,1H3,(H2,25,26)(H,27,28). The van der Waals surface area contributed by atoms with E-state index in [1.807, 2.05) is 25.1 Å². The minimum Gasteiger partial charge on any atom is -0.382 e. The lowest BCUT2D eigenvalue weighted by molar-refractivity contribution is 0.591. The molecule has 6 nitrogen and oxygen atoms in total. The van der Waals surface area contributed by atoms with Crippen molar-refractivity contribution in [2.45, 2.75) is 37.5 Å². The average molecular weight is 477 g/mol. The molecule has 0 amide bonds.